The van der Waals surface area contributed by atoms with Gasteiger partial charge in [0.15, 0.2) is 11.5 Å². The second kappa shape index (κ2) is 11.3. The third-order valence-corrected chi connectivity index (χ3v) is 5.60. The minimum atomic E-state index is 0.314. The molecule has 10 nitrogen and oxygen atoms in total. The zero-order valence-corrected chi connectivity index (χ0v) is 20.6. The quantitative estimate of drug-likeness (QED) is 0.396. The summed E-state index contributed by atoms with van der Waals surface area (Å²) < 4.78 is 25.0. The van der Waals surface area contributed by atoms with Gasteiger partial charge in [-0.2, -0.15) is 0 Å². The van der Waals surface area contributed by atoms with E-state index in [9.17, 15) is 0 Å². The first kappa shape index (κ1) is 24.0. The second-order valence-corrected chi connectivity index (χ2v) is 7.92. The van der Waals surface area contributed by atoms with Crippen LogP contribution >= 0.6 is 12.2 Å². The molecule has 0 spiro atoms. The van der Waals surface area contributed by atoms with Crippen molar-refractivity contribution in [2.45, 2.75) is 27.4 Å². The molecule has 0 bridgehead atoms. The Hall–Kier alpha value is -3.18. The zero-order chi connectivity index (χ0) is 23.9. The van der Waals surface area contributed by atoms with E-state index < -0.39 is 0 Å². The van der Waals surface area contributed by atoms with Crippen molar-refractivity contribution in [1.82, 2.24) is 24.6 Å². The third-order valence-electron chi connectivity index (χ3n) is 5.30. The average Bonchev–Trinajstić information content (AvgIpc) is 3.22. The predicted octanol–water partition coefficient (Wildman–Crippen LogP) is 3.64. The molecular formula is C23H30N6O4S. The van der Waals surface area contributed by atoms with Crippen LogP contribution in [0.1, 0.15) is 20.8 Å². The number of rotatable bonds is 10. The largest absolute Gasteiger partial charge is 0.490 e. The van der Waals surface area contributed by atoms with Gasteiger partial charge in [-0.1, -0.05) is 0 Å². The van der Waals surface area contributed by atoms with Crippen molar-refractivity contribution in [3.05, 3.63) is 35.4 Å². The van der Waals surface area contributed by atoms with Crippen molar-refractivity contribution in [2.75, 3.05) is 50.9 Å². The number of piperazine rings is 1. The number of hydrogen-bond acceptors (Lipinski definition) is 10. The van der Waals surface area contributed by atoms with Crippen LogP contribution < -0.4 is 19.1 Å². The molecule has 4 rings (SSSR count). The minimum Gasteiger partial charge on any atom is -0.490 e. The summed E-state index contributed by atoms with van der Waals surface area (Å²) in [5, 5.41) is 4.64. The molecule has 0 unspecified atom stereocenters. The Morgan fingerprint density at radius 3 is 2.12 bits per heavy atom. The SMILES string of the molecule is CCOc1cc(-c2nn(CN3CCN(c4ncccn4)CC3)c(=S)o2)cc(OCC)c1OCC. The van der Waals surface area contributed by atoms with Crippen molar-refractivity contribution in [2.24, 2.45) is 0 Å². The van der Waals surface area contributed by atoms with E-state index in [1.54, 1.807) is 17.1 Å². The van der Waals surface area contributed by atoms with Crippen LogP contribution in [0.5, 0.6) is 17.2 Å². The average molecular weight is 487 g/mol. The Bertz CT molecular complexity index is 1100. The summed E-state index contributed by atoms with van der Waals surface area (Å²) in [6.45, 7) is 11.1. The number of hydrogen-bond donors (Lipinski definition) is 0. The molecule has 3 aromatic rings. The Kier molecular flexibility index (Phi) is 7.96. The van der Waals surface area contributed by atoms with Crippen molar-refractivity contribution in [3.8, 4) is 28.7 Å². The van der Waals surface area contributed by atoms with Crippen LogP contribution in [0.2, 0.25) is 0 Å². The lowest BCUT2D eigenvalue weighted by Crippen LogP contribution is -2.47. The van der Waals surface area contributed by atoms with Crippen LogP contribution in [0.15, 0.2) is 35.0 Å². The van der Waals surface area contributed by atoms with Gasteiger partial charge in [0, 0.05) is 44.1 Å². The maximum atomic E-state index is 5.86. The fraction of sp³-hybridized carbons (Fsp3) is 0.478. The fourth-order valence-corrected chi connectivity index (χ4v) is 3.94. The van der Waals surface area contributed by atoms with Crippen molar-refractivity contribution in [3.63, 3.8) is 0 Å². The number of ether oxygens (including phenoxy) is 3. The molecule has 182 valence electrons. The summed E-state index contributed by atoms with van der Waals surface area (Å²) in [4.78, 5) is 13.4. The van der Waals surface area contributed by atoms with Gasteiger partial charge in [-0.05, 0) is 51.2 Å². The van der Waals surface area contributed by atoms with Crippen LogP contribution in [-0.2, 0) is 6.67 Å². The zero-order valence-electron chi connectivity index (χ0n) is 19.8. The van der Waals surface area contributed by atoms with E-state index in [0.717, 1.165) is 32.1 Å². The van der Waals surface area contributed by atoms with E-state index in [0.29, 0.717) is 60.0 Å². The molecule has 1 fully saturated rings. The molecule has 1 aliphatic rings. The second-order valence-electron chi connectivity index (χ2n) is 7.57. The molecule has 0 saturated carbocycles. The molecule has 1 saturated heterocycles. The number of benzene rings is 1. The Balaban J connectivity index is 1.51. The Labute approximate surface area is 204 Å². The third kappa shape index (κ3) is 5.48. The molecule has 34 heavy (non-hydrogen) atoms. The van der Waals surface area contributed by atoms with Crippen LogP contribution in [0.4, 0.5) is 5.95 Å². The predicted molar refractivity (Wildman–Crippen MR) is 130 cm³/mol. The van der Waals surface area contributed by atoms with Crippen molar-refractivity contribution in [1.29, 1.82) is 0 Å². The van der Waals surface area contributed by atoms with Gasteiger partial charge in [0.2, 0.25) is 17.6 Å². The van der Waals surface area contributed by atoms with E-state index in [-0.39, 0.29) is 0 Å². The topological polar surface area (TPSA) is 90.9 Å². The standard InChI is InChI=1S/C23H30N6O4S/c1-4-30-18-14-17(15-19(31-5-2)20(18)32-6-3)21-26-29(23(34)33-21)16-27-10-12-28(13-11-27)22-24-8-7-9-25-22/h7-9,14-15H,4-6,10-13,16H2,1-3H3. The molecule has 0 radical (unpaired) electrons. The highest BCUT2D eigenvalue weighted by Crippen LogP contribution is 2.41. The molecule has 3 heterocycles. The highest BCUT2D eigenvalue weighted by molar-refractivity contribution is 7.71. The number of anilines is 1. The maximum Gasteiger partial charge on any atom is 0.288 e. The lowest BCUT2D eigenvalue weighted by Gasteiger charge is -2.34. The molecule has 0 N–H and O–H groups in total. The highest BCUT2D eigenvalue weighted by Gasteiger charge is 2.22. The van der Waals surface area contributed by atoms with Crippen LogP contribution in [0.25, 0.3) is 11.5 Å². The lowest BCUT2D eigenvalue weighted by molar-refractivity contribution is 0.191. The van der Waals surface area contributed by atoms with Gasteiger partial charge in [-0.15, -0.1) is 5.10 Å². The normalized spacial score (nSPS) is 14.3. The van der Waals surface area contributed by atoms with Crippen LogP contribution in [0, 0.1) is 4.84 Å². The molecule has 1 aliphatic heterocycles. The Morgan fingerprint density at radius 2 is 1.53 bits per heavy atom. The van der Waals surface area contributed by atoms with Gasteiger partial charge in [-0.25, -0.2) is 14.6 Å². The summed E-state index contributed by atoms with van der Waals surface area (Å²) in [7, 11) is 0. The van der Waals surface area contributed by atoms with Gasteiger partial charge < -0.3 is 23.5 Å². The van der Waals surface area contributed by atoms with Crippen LogP contribution in [-0.4, -0.2) is 70.6 Å². The van der Waals surface area contributed by atoms with Crippen molar-refractivity contribution < 1.29 is 18.6 Å². The molecule has 0 amide bonds. The highest BCUT2D eigenvalue weighted by atomic mass is 32.1. The van der Waals surface area contributed by atoms with E-state index in [1.807, 2.05) is 39.0 Å². The van der Waals surface area contributed by atoms with E-state index in [4.69, 9.17) is 30.8 Å². The molecular weight excluding hydrogens is 456 g/mol. The van der Waals surface area contributed by atoms with Crippen molar-refractivity contribution >= 4 is 18.2 Å². The molecule has 0 aliphatic carbocycles. The number of nitrogens with zero attached hydrogens (tertiary/aromatic N) is 6. The van der Waals surface area contributed by atoms with E-state index >= 15 is 0 Å². The van der Waals surface area contributed by atoms with E-state index in [1.165, 1.54) is 0 Å². The molecule has 1 aromatic carbocycles. The Morgan fingerprint density at radius 1 is 0.912 bits per heavy atom. The smallest absolute Gasteiger partial charge is 0.288 e. The fourth-order valence-electron chi connectivity index (χ4n) is 3.76. The minimum absolute atomic E-state index is 0.314. The molecule has 11 heteroatoms. The summed E-state index contributed by atoms with van der Waals surface area (Å²) in [5.74, 6) is 2.91. The van der Waals surface area contributed by atoms with Gasteiger partial charge in [-0.3, -0.25) is 4.90 Å². The first-order valence-corrected chi connectivity index (χ1v) is 11.9. The van der Waals surface area contributed by atoms with Crippen LogP contribution in [0.3, 0.4) is 0 Å². The monoisotopic (exact) mass is 486 g/mol. The van der Waals surface area contributed by atoms with Gasteiger partial charge >= 0.3 is 0 Å². The first-order valence-electron chi connectivity index (χ1n) is 11.5. The van der Waals surface area contributed by atoms with Gasteiger partial charge in [0.25, 0.3) is 4.84 Å². The lowest BCUT2D eigenvalue weighted by atomic mass is 10.2. The summed E-state index contributed by atoms with van der Waals surface area (Å²) in [6.07, 6.45) is 3.53. The molecule has 0 atom stereocenters. The summed E-state index contributed by atoms with van der Waals surface area (Å²) in [5.41, 5.74) is 0.714. The van der Waals surface area contributed by atoms with E-state index in [2.05, 4.69) is 24.9 Å². The molecule has 2 aromatic heterocycles. The summed E-state index contributed by atoms with van der Waals surface area (Å²) in [6, 6.07) is 5.52. The number of aromatic nitrogens is 4. The summed E-state index contributed by atoms with van der Waals surface area (Å²) >= 11 is 5.47. The van der Waals surface area contributed by atoms with Gasteiger partial charge in [0.1, 0.15) is 0 Å². The first-order chi connectivity index (χ1) is 16.6. The van der Waals surface area contributed by atoms with Gasteiger partial charge in [0.05, 0.1) is 26.5 Å². The maximum absolute atomic E-state index is 5.86.